The number of benzene rings is 1. The molecule has 1 aliphatic heterocycles. The molecule has 1 saturated carbocycles. The number of aromatic nitrogens is 1. The van der Waals surface area contributed by atoms with E-state index in [-0.39, 0.29) is 6.04 Å². The smallest absolute Gasteiger partial charge is 0.404 e. The molecule has 1 amide bonds. The number of hydrogen-bond donors (Lipinski definition) is 2. The van der Waals surface area contributed by atoms with Gasteiger partial charge in [0.1, 0.15) is 11.5 Å². The number of hydrogen-bond acceptors (Lipinski definition) is 4. The molecule has 0 saturated heterocycles. The minimum Gasteiger partial charge on any atom is -0.497 e. The topological polar surface area (TPSA) is 80.7 Å². The van der Waals surface area contributed by atoms with E-state index < -0.39 is 6.09 Å². The number of fused-ring (bicyclic) bond motifs is 3. The van der Waals surface area contributed by atoms with E-state index in [1.54, 1.807) is 7.11 Å². The molecule has 6 heteroatoms. The number of nitrogens with zero attached hydrogens (tertiary/aromatic N) is 1. The molecule has 2 heterocycles. The van der Waals surface area contributed by atoms with Crippen LogP contribution in [0.15, 0.2) is 24.4 Å². The Bertz CT molecular complexity index is 810. The summed E-state index contributed by atoms with van der Waals surface area (Å²) in [6.07, 6.45) is 5.78. The Morgan fingerprint density at radius 2 is 2.08 bits per heavy atom. The Morgan fingerprint density at radius 3 is 2.81 bits per heavy atom. The lowest BCUT2D eigenvalue weighted by Crippen LogP contribution is -2.39. The molecule has 1 atom stereocenters. The Labute approximate surface area is 152 Å². The summed E-state index contributed by atoms with van der Waals surface area (Å²) in [5.41, 5.74) is 2.18. The van der Waals surface area contributed by atoms with Gasteiger partial charge in [0.05, 0.1) is 25.4 Å². The summed E-state index contributed by atoms with van der Waals surface area (Å²) in [6.45, 7) is 0.714. The van der Waals surface area contributed by atoms with Gasteiger partial charge < -0.3 is 19.9 Å². The number of nitrogens with one attached hydrogen (secondary N) is 1. The van der Waals surface area contributed by atoms with Crippen molar-refractivity contribution < 1.29 is 19.4 Å². The summed E-state index contributed by atoms with van der Waals surface area (Å²) in [4.78, 5) is 15.3. The van der Waals surface area contributed by atoms with Crippen molar-refractivity contribution in [3.63, 3.8) is 0 Å². The first-order valence-electron chi connectivity index (χ1n) is 9.22. The second kappa shape index (κ2) is 7.02. The van der Waals surface area contributed by atoms with Crippen LogP contribution in [0.2, 0.25) is 0 Å². The zero-order valence-electron chi connectivity index (χ0n) is 14.9. The third kappa shape index (κ3) is 3.28. The summed E-state index contributed by atoms with van der Waals surface area (Å²) in [7, 11) is 1.67. The van der Waals surface area contributed by atoms with Crippen LogP contribution in [0.25, 0.3) is 10.9 Å². The van der Waals surface area contributed by atoms with Gasteiger partial charge in [0, 0.05) is 22.9 Å². The van der Waals surface area contributed by atoms with E-state index in [1.807, 2.05) is 24.4 Å². The highest BCUT2D eigenvalue weighted by atomic mass is 16.5. The van der Waals surface area contributed by atoms with Gasteiger partial charge in [-0.15, -0.1) is 0 Å². The third-order valence-electron chi connectivity index (χ3n) is 5.83. The Hall–Kier alpha value is -2.50. The van der Waals surface area contributed by atoms with Crippen molar-refractivity contribution in [2.45, 2.75) is 38.1 Å². The maximum Gasteiger partial charge on any atom is 0.404 e. The van der Waals surface area contributed by atoms with Crippen molar-refractivity contribution >= 4 is 17.0 Å². The molecular formula is C20H24N2O4. The molecule has 2 N–H and O–H groups in total. The predicted octanol–water partition coefficient (Wildman–Crippen LogP) is 3.62. The molecule has 1 aliphatic carbocycles. The number of carboxylic acid groups (broad SMARTS) is 1. The van der Waals surface area contributed by atoms with E-state index >= 15 is 0 Å². The van der Waals surface area contributed by atoms with Crippen LogP contribution in [-0.4, -0.2) is 35.9 Å². The van der Waals surface area contributed by atoms with Crippen LogP contribution in [0.5, 0.6) is 11.5 Å². The quantitative estimate of drug-likeness (QED) is 0.878. The molecule has 4 rings (SSSR count). The fraction of sp³-hybridized carbons (Fsp3) is 0.500. The lowest BCUT2D eigenvalue weighted by Gasteiger charge is -2.36. The Balaban J connectivity index is 1.52. The number of amides is 1. The van der Waals surface area contributed by atoms with Crippen LogP contribution in [-0.2, 0) is 6.42 Å². The van der Waals surface area contributed by atoms with Crippen molar-refractivity contribution in [1.29, 1.82) is 0 Å². The highest BCUT2D eigenvalue weighted by Gasteiger charge is 2.32. The Kier molecular flexibility index (Phi) is 4.57. The van der Waals surface area contributed by atoms with Crippen LogP contribution in [0, 0.1) is 11.8 Å². The van der Waals surface area contributed by atoms with Gasteiger partial charge in [-0.2, -0.15) is 0 Å². The lowest BCUT2D eigenvalue weighted by molar-refractivity contribution is 0.131. The van der Waals surface area contributed by atoms with Gasteiger partial charge in [-0.3, -0.25) is 4.98 Å². The molecule has 138 valence electrons. The van der Waals surface area contributed by atoms with E-state index in [9.17, 15) is 4.79 Å². The first-order valence-corrected chi connectivity index (χ1v) is 9.22. The SMILES string of the molecule is COc1ccc2ncc3c(c2c1)CC(C1CCC(NC(=O)O)CC1)CO3. The number of pyridine rings is 1. The normalized spacial score (nSPS) is 25.2. The first kappa shape index (κ1) is 16.9. The minimum absolute atomic E-state index is 0.0924. The lowest BCUT2D eigenvalue weighted by atomic mass is 9.75. The van der Waals surface area contributed by atoms with Crippen molar-refractivity contribution in [2.75, 3.05) is 13.7 Å². The van der Waals surface area contributed by atoms with E-state index in [2.05, 4.69) is 10.3 Å². The molecule has 0 bridgehead atoms. The second-order valence-corrected chi connectivity index (χ2v) is 7.32. The van der Waals surface area contributed by atoms with Crippen LogP contribution in [0.3, 0.4) is 0 Å². The van der Waals surface area contributed by atoms with E-state index in [0.717, 1.165) is 54.5 Å². The largest absolute Gasteiger partial charge is 0.497 e. The fourth-order valence-electron chi connectivity index (χ4n) is 4.40. The van der Waals surface area contributed by atoms with Gasteiger partial charge in [0.15, 0.2) is 0 Å². The van der Waals surface area contributed by atoms with E-state index in [4.69, 9.17) is 14.6 Å². The van der Waals surface area contributed by atoms with Crippen LogP contribution in [0.4, 0.5) is 4.79 Å². The number of rotatable bonds is 3. The Morgan fingerprint density at radius 1 is 1.27 bits per heavy atom. The molecule has 2 aromatic rings. The van der Waals surface area contributed by atoms with E-state index in [1.165, 1.54) is 5.56 Å². The summed E-state index contributed by atoms with van der Waals surface area (Å²) >= 11 is 0. The highest BCUT2D eigenvalue weighted by Crippen LogP contribution is 2.39. The van der Waals surface area contributed by atoms with E-state index in [0.29, 0.717) is 18.4 Å². The zero-order chi connectivity index (χ0) is 18.1. The van der Waals surface area contributed by atoms with Crippen molar-refractivity contribution in [2.24, 2.45) is 11.8 Å². The molecule has 1 unspecified atom stereocenters. The maximum atomic E-state index is 10.8. The molecule has 1 aromatic carbocycles. The van der Waals surface area contributed by atoms with Gasteiger partial charge in [-0.1, -0.05) is 0 Å². The first-order chi connectivity index (χ1) is 12.6. The molecule has 0 radical (unpaired) electrons. The van der Waals surface area contributed by atoms with Gasteiger partial charge in [-0.05, 0) is 56.2 Å². The van der Waals surface area contributed by atoms with Crippen molar-refractivity contribution in [3.05, 3.63) is 30.0 Å². The van der Waals surface area contributed by atoms with Crippen LogP contribution < -0.4 is 14.8 Å². The highest BCUT2D eigenvalue weighted by molar-refractivity contribution is 5.85. The van der Waals surface area contributed by atoms with Crippen molar-refractivity contribution in [1.82, 2.24) is 10.3 Å². The maximum absolute atomic E-state index is 10.8. The molecule has 2 aliphatic rings. The monoisotopic (exact) mass is 356 g/mol. The molecular weight excluding hydrogens is 332 g/mol. The van der Waals surface area contributed by atoms with Gasteiger partial charge >= 0.3 is 6.09 Å². The van der Waals surface area contributed by atoms with Crippen LogP contribution >= 0.6 is 0 Å². The summed E-state index contributed by atoms with van der Waals surface area (Å²) in [5.74, 6) is 2.74. The molecule has 6 nitrogen and oxygen atoms in total. The summed E-state index contributed by atoms with van der Waals surface area (Å²) in [6, 6.07) is 6.05. The van der Waals surface area contributed by atoms with Crippen LogP contribution in [0.1, 0.15) is 31.2 Å². The number of ether oxygens (including phenoxy) is 2. The predicted molar refractivity (Wildman–Crippen MR) is 97.9 cm³/mol. The molecule has 26 heavy (non-hydrogen) atoms. The van der Waals surface area contributed by atoms with Crippen molar-refractivity contribution in [3.8, 4) is 11.5 Å². The summed E-state index contributed by atoms with van der Waals surface area (Å²) < 4.78 is 11.4. The number of carbonyl (C=O) groups is 1. The molecule has 1 aromatic heterocycles. The summed E-state index contributed by atoms with van der Waals surface area (Å²) in [5, 5.41) is 12.6. The van der Waals surface area contributed by atoms with Gasteiger partial charge in [0.25, 0.3) is 0 Å². The van der Waals surface area contributed by atoms with Gasteiger partial charge in [0.2, 0.25) is 0 Å². The minimum atomic E-state index is -0.920. The van der Waals surface area contributed by atoms with Gasteiger partial charge in [-0.25, -0.2) is 4.79 Å². The number of methoxy groups -OCH3 is 1. The zero-order valence-corrected chi connectivity index (χ0v) is 14.9. The standard InChI is InChI=1S/C20H24N2O4/c1-25-15-6-7-18-16(9-15)17-8-13(11-26-19(17)10-21-18)12-2-4-14(5-3-12)22-20(23)24/h6-7,9-10,12-14,22H,2-5,8,11H2,1H3,(H,23,24). The second-order valence-electron chi connectivity index (χ2n) is 7.32. The average Bonchev–Trinajstić information content (AvgIpc) is 2.67. The fourth-order valence-corrected chi connectivity index (χ4v) is 4.40. The third-order valence-corrected chi connectivity index (χ3v) is 5.83. The average molecular weight is 356 g/mol. The molecule has 1 fully saturated rings. The molecule has 0 spiro atoms.